The van der Waals surface area contributed by atoms with Crippen molar-refractivity contribution in [3.8, 4) is 34.2 Å². The molecule has 244 valence electrons. The van der Waals surface area contributed by atoms with E-state index in [0.717, 1.165) is 57.6 Å². The fourth-order valence-electron chi connectivity index (χ4n) is 7.11. The van der Waals surface area contributed by atoms with Crippen LogP contribution in [0.25, 0.3) is 56.0 Å². The summed E-state index contributed by atoms with van der Waals surface area (Å²) >= 11 is 0. The Hall–Kier alpha value is -6.72. The van der Waals surface area contributed by atoms with Gasteiger partial charge in [-0.1, -0.05) is 116 Å². The second-order valence-corrected chi connectivity index (χ2v) is 12.7. The van der Waals surface area contributed by atoms with E-state index >= 15 is 0 Å². The van der Waals surface area contributed by atoms with E-state index in [9.17, 15) is 0 Å². The van der Waals surface area contributed by atoms with Crippen LogP contribution in [0.4, 0.5) is 17.1 Å². The molecule has 0 unspecified atom stereocenters. The quantitative estimate of drug-likeness (QED) is 0.163. The van der Waals surface area contributed by atoms with Gasteiger partial charge in [0.25, 0.3) is 0 Å². The van der Waals surface area contributed by atoms with Gasteiger partial charge in [0.05, 0.1) is 11.0 Å². The summed E-state index contributed by atoms with van der Waals surface area (Å²) in [7, 11) is 0. The maximum absolute atomic E-state index is 4.72. The Balaban J connectivity index is 1.13. The third-order valence-electron chi connectivity index (χ3n) is 9.64. The molecule has 0 bridgehead atoms. The molecular formula is C46H35N5. The van der Waals surface area contributed by atoms with Crippen molar-refractivity contribution >= 4 is 38.9 Å². The van der Waals surface area contributed by atoms with Crippen molar-refractivity contribution in [3.05, 3.63) is 188 Å². The van der Waals surface area contributed by atoms with E-state index in [1.807, 2.05) is 18.2 Å². The molecule has 0 spiro atoms. The van der Waals surface area contributed by atoms with Crippen molar-refractivity contribution in [3.63, 3.8) is 0 Å². The molecule has 5 nitrogen and oxygen atoms in total. The lowest BCUT2D eigenvalue weighted by atomic mass is 10.1. The minimum absolute atomic E-state index is 0.804. The Labute approximate surface area is 297 Å². The molecule has 9 aromatic rings. The van der Waals surface area contributed by atoms with Crippen molar-refractivity contribution in [1.82, 2.24) is 19.3 Å². The maximum Gasteiger partial charge on any atom is 0.168 e. The van der Waals surface area contributed by atoms with E-state index in [1.165, 1.54) is 27.4 Å². The molecule has 0 radical (unpaired) electrons. The van der Waals surface area contributed by atoms with Crippen LogP contribution in [-0.2, 0) is 6.42 Å². The van der Waals surface area contributed by atoms with Gasteiger partial charge in [0.1, 0.15) is 0 Å². The number of anilines is 3. The van der Waals surface area contributed by atoms with Crippen LogP contribution in [0.2, 0.25) is 0 Å². The summed E-state index contributed by atoms with van der Waals surface area (Å²) in [5.41, 5.74) is 11.1. The molecule has 7 aromatic carbocycles. The zero-order valence-corrected chi connectivity index (χ0v) is 28.3. The van der Waals surface area contributed by atoms with Crippen molar-refractivity contribution < 1.29 is 0 Å². The van der Waals surface area contributed by atoms with Gasteiger partial charge in [0, 0.05) is 50.3 Å². The van der Waals surface area contributed by atoms with Crippen molar-refractivity contribution in [2.24, 2.45) is 0 Å². The van der Waals surface area contributed by atoms with Gasteiger partial charge in [-0.3, -0.25) is 4.57 Å². The van der Waals surface area contributed by atoms with Gasteiger partial charge in [-0.25, -0.2) is 0 Å². The SMILES string of the molecule is CCc1ccc(-c2nnc(-c3ccccc3)n2-c2ccc(N(c3ccccc3)c3ccc(-n4c5ccccc5c5ccccc54)cc3)cc2)cc1. The molecule has 0 atom stereocenters. The van der Waals surface area contributed by atoms with Gasteiger partial charge in [-0.15, -0.1) is 10.2 Å². The summed E-state index contributed by atoms with van der Waals surface area (Å²) < 4.78 is 4.51. The number of rotatable bonds is 8. The summed E-state index contributed by atoms with van der Waals surface area (Å²) in [5.74, 6) is 1.61. The predicted molar refractivity (Wildman–Crippen MR) is 211 cm³/mol. The lowest BCUT2D eigenvalue weighted by Gasteiger charge is -2.26. The van der Waals surface area contributed by atoms with Crippen LogP contribution in [0.1, 0.15) is 12.5 Å². The molecule has 51 heavy (non-hydrogen) atoms. The van der Waals surface area contributed by atoms with E-state index in [0.29, 0.717) is 0 Å². The Morgan fingerprint density at radius 3 is 1.37 bits per heavy atom. The molecule has 0 saturated carbocycles. The van der Waals surface area contributed by atoms with Crippen molar-refractivity contribution in [2.75, 3.05) is 4.90 Å². The predicted octanol–water partition coefficient (Wildman–Crippen LogP) is 11.7. The summed E-state index contributed by atoms with van der Waals surface area (Å²) in [6.07, 6.45) is 0.991. The minimum atomic E-state index is 0.804. The summed E-state index contributed by atoms with van der Waals surface area (Å²) in [6, 6.07) is 64.2. The molecule has 0 aliphatic heterocycles. The number of fused-ring (bicyclic) bond motifs is 3. The van der Waals surface area contributed by atoms with Crippen LogP contribution >= 0.6 is 0 Å². The highest BCUT2D eigenvalue weighted by Crippen LogP contribution is 2.38. The highest BCUT2D eigenvalue weighted by Gasteiger charge is 2.19. The largest absolute Gasteiger partial charge is 0.311 e. The molecule has 5 heteroatoms. The first kappa shape index (κ1) is 30.3. The Morgan fingerprint density at radius 2 is 0.843 bits per heavy atom. The molecule has 2 aromatic heterocycles. The molecule has 0 aliphatic carbocycles. The standard InChI is InChI=1S/C46H35N5/c1-2-33-21-23-35(24-22-33)46-48-47-45(34-13-5-3-6-14-34)51(46)40-31-27-38(28-32-40)49(36-15-7-4-8-16-36)37-25-29-39(30-26-37)50-43-19-11-9-17-41(43)42-18-10-12-20-44(42)50/h3-32H,2H2,1H3. The number of benzene rings is 7. The summed E-state index contributed by atoms with van der Waals surface area (Å²) in [5, 5.41) is 11.9. The summed E-state index contributed by atoms with van der Waals surface area (Å²) in [4.78, 5) is 2.30. The highest BCUT2D eigenvalue weighted by molar-refractivity contribution is 6.09. The molecule has 2 heterocycles. The minimum Gasteiger partial charge on any atom is -0.311 e. The fourth-order valence-corrected chi connectivity index (χ4v) is 7.11. The van der Waals surface area contributed by atoms with E-state index in [2.05, 4.69) is 185 Å². The molecule has 0 fully saturated rings. The Bertz CT molecular complexity index is 2530. The van der Waals surface area contributed by atoms with E-state index in [-0.39, 0.29) is 0 Å². The second-order valence-electron chi connectivity index (χ2n) is 12.7. The first-order valence-electron chi connectivity index (χ1n) is 17.4. The summed E-state index contributed by atoms with van der Waals surface area (Å²) in [6.45, 7) is 2.17. The fraction of sp³-hybridized carbons (Fsp3) is 0.0435. The lowest BCUT2D eigenvalue weighted by molar-refractivity contribution is 1.07. The van der Waals surface area contributed by atoms with E-state index in [4.69, 9.17) is 10.2 Å². The van der Waals surface area contributed by atoms with E-state index in [1.54, 1.807) is 0 Å². The maximum atomic E-state index is 4.72. The molecule has 9 rings (SSSR count). The van der Waals surface area contributed by atoms with Crippen LogP contribution in [0.15, 0.2) is 182 Å². The Morgan fingerprint density at radius 1 is 0.412 bits per heavy atom. The van der Waals surface area contributed by atoms with Crippen LogP contribution in [0, 0.1) is 0 Å². The smallest absolute Gasteiger partial charge is 0.168 e. The second kappa shape index (κ2) is 13.0. The average Bonchev–Trinajstić information content (AvgIpc) is 3.80. The first-order valence-corrected chi connectivity index (χ1v) is 17.4. The molecular weight excluding hydrogens is 623 g/mol. The zero-order chi connectivity index (χ0) is 34.1. The molecule has 0 N–H and O–H groups in total. The van der Waals surface area contributed by atoms with Crippen LogP contribution in [-0.4, -0.2) is 19.3 Å². The van der Waals surface area contributed by atoms with Gasteiger partial charge >= 0.3 is 0 Å². The highest BCUT2D eigenvalue weighted by atomic mass is 15.3. The lowest BCUT2D eigenvalue weighted by Crippen LogP contribution is -2.10. The third-order valence-corrected chi connectivity index (χ3v) is 9.64. The molecule has 0 saturated heterocycles. The number of nitrogens with zero attached hydrogens (tertiary/aromatic N) is 5. The normalized spacial score (nSPS) is 11.3. The number of hydrogen-bond acceptors (Lipinski definition) is 3. The number of hydrogen-bond donors (Lipinski definition) is 0. The van der Waals surface area contributed by atoms with Gasteiger partial charge in [-0.2, -0.15) is 0 Å². The van der Waals surface area contributed by atoms with Crippen molar-refractivity contribution in [2.45, 2.75) is 13.3 Å². The monoisotopic (exact) mass is 657 g/mol. The van der Waals surface area contributed by atoms with Crippen LogP contribution in [0.3, 0.4) is 0 Å². The zero-order valence-electron chi connectivity index (χ0n) is 28.3. The van der Waals surface area contributed by atoms with Gasteiger partial charge in [0.15, 0.2) is 11.6 Å². The number of aryl methyl sites for hydroxylation is 1. The van der Waals surface area contributed by atoms with Gasteiger partial charge in [-0.05, 0) is 84.8 Å². The van der Waals surface area contributed by atoms with Crippen LogP contribution < -0.4 is 4.90 Å². The van der Waals surface area contributed by atoms with Gasteiger partial charge < -0.3 is 9.47 Å². The average molecular weight is 658 g/mol. The number of aromatic nitrogens is 4. The topological polar surface area (TPSA) is 38.9 Å². The first-order chi connectivity index (χ1) is 25.3. The van der Waals surface area contributed by atoms with E-state index < -0.39 is 0 Å². The van der Waals surface area contributed by atoms with Gasteiger partial charge in [0.2, 0.25) is 0 Å². The van der Waals surface area contributed by atoms with Crippen molar-refractivity contribution in [1.29, 1.82) is 0 Å². The third kappa shape index (κ3) is 5.45. The van der Waals surface area contributed by atoms with Crippen LogP contribution in [0.5, 0.6) is 0 Å². The number of para-hydroxylation sites is 3. The Kier molecular flexibility index (Phi) is 7.71. The molecule has 0 aliphatic rings. The molecule has 0 amide bonds.